The monoisotopic (exact) mass is 287 g/mol. The average molecular weight is 287 g/mol. The third-order valence-electron chi connectivity index (χ3n) is 4.36. The van der Waals surface area contributed by atoms with Gasteiger partial charge in [0.15, 0.2) is 12.0 Å². The van der Waals surface area contributed by atoms with Gasteiger partial charge in [0.05, 0.1) is 5.92 Å². The lowest BCUT2D eigenvalue weighted by Crippen LogP contribution is -2.33. The van der Waals surface area contributed by atoms with E-state index in [4.69, 9.17) is 4.74 Å². The van der Waals surface area contributed by atoms with Crippen molar-refractivity contribution in [2.24, 2.45) is 10.9 Å². The summed E-state index contributed by atoms with van der Waals surface area (Å²) in [6, 6.07) is 9.44. The van der Waals surface area contributed by atoms with Crippen molar-refractivity contribution in [1.82, 2.24) is 0 Å². The molecule has 4 nitrogen and oxygen atoms in total. The molecule has 2 unspecified atom stereocenters. The molecule has 0 spiro atoms. The standard InChI is InChI=1S/C17H21NO3/c19-15-11-14(10-12-6-8-21-9-7-12)18-17(20)16(15)13-4-2-1-3-5-13/h1-5,12,16-17,20H,6-11H2. The summed E-state index contributed by atoms with van der Waals surface area (Å²) in [6.07, 6.45) is 2.28. The highest BCUT2D eigenvalue weighted by Crippen LogP contribution is 2.29. The van der Waals surface area contributed by atoms with Gasteiger partial charge in [-0.1, -0.05) is 30.3 Å². The molecule has 2 atom stereocenters. The highest BCUT2D eigenvalue weighted by Gasteiger charge is 2.33. The van der Waals surface area contributed by atoms with E-state index in [1.54, 1.807) is 0 Å². The van der Waals surface area contributed by atoms with Crippen LogP contribution < -0.4 is 0 Å². The van der Waals surface area contributed by atoms with Gasteiger partial charge in [0.2, 0.25) is 0 Å². The summed E-state index contributed by atoms with van der Waals surface area (Å²) in [6.45, 7) is 1.59. The first-order valence-corrected chi connectivity index (χ1v) is 7.63. The van der Waals surface area contributed by atoms with Crippen LogP contribution in [0.15, 0.2) is 35.3 Å². The number of ether oxygens (including phenoxy) is 1. The van der Waals surface area contributed by atoms with Crippen LogP contribution in [0.1, 0.15) is 37.2 Å². The second kappa shape index (κ2) is 6.50. The Balaban J connectivity index is 1.71. The fraction of sp³-hybridized carbons (Fsp3) is 0.529. The molecule has 0 aromatic heterocycles. The van der Waals surface area contributed by atoms with Crippen molar-refractivity contribution in [3.8, 4) is 0 Å². The number of carbonyl (C=O) groups excluding carboxylic acids is 1. The molecule has 0 bridgehead atoms. The maximum atomic E-state index is 12.4. The van der Waals surface area contributed by atoms with Crippen LogP contribution >= 0.6 is 0 Å². The van der Waals surface area contributed by atoms with Gasteiger partial charge in [-0.2, -0.15) is 0 Å². The summed E-state index contributed by atoms with van der Waals surface area (Å²) in [4.78, 5) is 16.8. The van der Waals surface area contributed by atoms with Gasteiger partial charge in [-0.05, 0) is 30.7 Å². The molecule has 4 heteroatoms. The summed E-state index contributed by atoms with van der Waals surface area (Å²) < 4.78 is 5.35. The molecule has 2 aliphatic rings. The van der Waals surface area contributed by atoms with Crippen LogP contribution in [0.3, 0.4) is 0 Å². The minimum Gasteiger partial charge on any atom is -0.381 e. The summed E-state index contributed by atoms with van der Waals surface area (Å²) in [5.74, 6) is 0.0983. The Morgan fingerprint density at radius 3 is 2.57 bits per heavy atom. The molecule has 2 aliphatic heterocycles. The van der Waals surface area contributed by atoms with Crippen LogP contribution in [0.25, 0.3) is 0 Å². The van der Waals surface area contributed by atoms with Crippen molar-refractivity contribution < 1.29 is 14.6 Å². The summed E-state index contributed by atoms with van der Waals surface area (Å²) in [5, 5.41) is 10.3. The maximum absolute atomic E-state index is 12.4. The Hall–Kier alpha value is -1.52. The second-order valence-corrected chi connectivity index (χ2v) is 5.90. The Bertz CT molecular complexity index is 520. The molecule has 1 aromatic carbocycles. The number of hydrogen-bond donors (Lipinski definition) is 1. The Labute approximate surface area is 124 Å². The van der Waals surface area contributed by atoms with Gasteiger partial charge in [-0.15, -0.1) is 0 Å². The number of aliphatic hydroxyl groups is 1. The fourth-order valence-corrected chi connectivity index (χ4v) is 3.21. The molecule has 1 aromatic rings. The first kappa shape index (κ1) is 14.4. The number of aliphatic imine (C=N–C) groups is 1. The summed E-state index contributed by atoms with van der Waals surface area (Å²) in [5.41, 5.74) is 1.70. The minimum absolute atomic E-state index is 0.0748. The van der Waals surface area contributed by atoms with Gasteiger partial charge in [-0.3, -0.25) is 9.79 Å². The molecular formula is C17H21NO3. The van der Waals surface area contributed by atoms with Crippen LogP contribution in [0.5, 0.6) is 0 Å². The molecule has 0 aliphatic carbocycles. The molecule has 1 saturated heterocycles. The van der Waals surface area contributed by atoms with Crippen molar-refractivity contribution in [3.63, 3.8) is 0 Å². The SMILES string of the molecule is O=C1CC(CC2CCOCC2)=NC(O)C1c1ccccc1. The van der Waals surface area contributed by atoms with E-state index < -0.39 is 12.1 Å². The van der Waals surface area contributed by atoms with E-state index in [9.17, 15) is 9.90 Å². The van der Waals surface area contributed by atoms with Crippen molar-refractivity contribution >= 4 is 11.5 Å². The molecule has 112 valence electrons. The van der Waals surface area contributed by atoms with Gasteiger partial charge in [0, 0.05) is 25.3 Å². The van der Waals surface area contributed by atoms with Crippen molar-refractivity contribution in [1.29, 1.82) is 0 Å². The van der Waals surface area contributed by atoms with E-state index in [1.165, 1.54) is 0 Å². The molecule has 0 amide bonds. The Morgan fingerprint density at radius 2 is 1.90 bits per heavy atom. The van der Waals surface area contributed by atoms with Gasteiger partial charge >= 0.3 is 0 Å². The zero-order chi connectivity index (χ0) is 14.7. The van der Waals surface area contributed by atoms with E-state index >= 15 is 0 Å². The quantitative estimate of drug-likeness (QED) is 0.928. The number of ketones is 1. The number of carbonyl (C=O) groups is 1. The number of Topliss-reactive ketones (excluding diaryl/α,β-unsaturated/α-hetero) is 1. The third-order valence-corrected chi connectivity index (χ3v) is 4.36. The van der Waals surface area contributed by atoms with Gasteiger partial charge < -0.3 is 9.84 Å². The normalized spacial score (nSPS) is 27.5. The maximum Gasteiger partial charge on any atom is 0.158 e. The summed E-state index contributed by atoms with van der Waals surface area (Å²) >= 11 is 0. The first-order valence-electron chi connectivity index (χ1n) is 7.63. The van der Waals surface area contributed by atoms with E-state index in [-0.39, 0.29) is 5.78 Å². The molecule has 1 N–H and O–H groups in total. The van der Waals surface area contributed by atoms with Crippen LogP contribution in [0.2, 0.25) is 0 Å². The first-order chi connectivity index (χ1) is 10.2. The second-order valence-electron chi connectivity index (χ2n) is 5.90. The topological polar surface area (TPSA) is 58.9 Å². The van der Waals surface area contributed by atoms with Gasteiger partial charge in [-0.25, -0.2) is 0 Å². The van der Waals surface area contributed by atoms with Crippen LogP contribution in [0, 0.1) is 5.92 Å². The lowest BCUT2D eigenvalue weighted by atomic mass is 9.84. The molecule has 0 saturated carbocycles. The van der Waals surface area contributed by atoms with Crippen LogP contribution in [0.4, 0.5) is 0 Å². The lowest BCUT2D eigenvalue weighted by Gasteiger charge is -2.28. The predicted octanol–water partition coefficient (Wildman–Crippen LogP) is 2.32. The van der Waals surface area contributed by atoms with Crippen molar-refractivity contribution in [3.05, 3.63) is 35.9 Å². The molecule has 0 radical (unpaired) electrons. The molecular weight excluding hydrogens is 266 g/mol. The van der Waals surface area contributed by atoms with Crippen molar-refractivity contribution in [2.45, 2.75) is 37.8 Å². The average Bonchev–Trinajstić information content (AvgIpc) is 2.49. The van der Waals surface area contributed by atoms with Crippen LogP contribution in [-0.4, -0.2) is 36.0 Å². The largest absolute Gasteiger partial charge is 0.381 e. The van der Waals surface area contributed by atoms with E-state index in [2.05, 4.69) is 4.99 Å². The number of hydrogen-bond acceptors (Lipinski definition) is 4. The highest BCUT2D eigenvalue weighted by molar-refractivity contribution is 6.06. The van der Waals surface area contributed by atoms with Gasteiger partial charge in [0.25, 0.3) is 0 Å². The third kappa shape index (κ3) is 3.39. The highest BCUT2D eigenvalue weighted by atomic mass is 16.5. The fourth-order valence-electron chi connectivity index (χ4n) is 3.21. The van der Waals surface area contributed by atoms with Crippen molar-refractivity contribution in [2.75, 3.05) is 13.2 Å². The number of rotatable bonds is 3. The summed E-state index contributed by atoms with van der Waals surface area (Å²) in [7, 11) is 0. The lowest BCUT2D eigenvalue weighted by molar-refractivity contribution is -0.122. The Kier molecular flexibility index (Phi) is 4.46. The predicted molar refractivity (Wildman–Crippen MR) is 80.4 cm³/mol. The van der Waals surface area contributed by atoms with E-state index in [0.29, 0.717) is 12.3 Å². The van der Waals surface area contributed by atoms with E-state index in [0.717, 1.165) is 43.8 Å². The molecule has 1 fully saturated rings. The molecule has 21 heavy (non-hydrogen) atoms. The smallest absolute Gasteiger partial charge is 0.158 e. The molecule has 3 rings (SSSR count). The number of benzene rings is 1. The number of nitrogens with zero attached hydrogens (tertiary/aromatic N) is 1. The zero-order valence-corrected chi connectivity index (χ0v) is 12.1. The number of aliphatic hydroxyl groups excluding tert-OH is 1. The Morgan fingerprint density at radius 1 is 1.19 bits per heavy atom. The van der Waals surface area contributed by atoms with Gasteiger partial charge in [0.1, 0.15) is 0 Å². The van der Waals surface area contributed by atoms with E-state index in [1.807, 2.05) is 30.3 Å². The molecule has 2 heterocycles. The minimum atomic E-state index is -0.941. The zero-order valence-electron chi connectivity index (χ0n) is 12.1. The van der Waals surface area contributed by atoms with Crippen LogP contribution in [-0.2, 0) is 9.53 Å².